The van der Waals surface area contributed by atoms with E-state index in [1.165, 1.54) is 0 Å². The van der Waals surface area contributed by atoms with Gasteiger partial charge in [-0.1, -0.05) is 0 Å². The van der Waals surface area contributed by atoms with E-state index in [-0.39, 0.29) is 46.7 Å². The number of hydrogen-bond acceptors (Lipinski definition) is 4. The fraction of sp³-hybridized carbons (Fsp3) is 0.500. The number of rotatable bonds is 6. The summed E-state index contributed by atoms with van der Waals surface area (Å²) >= 11 is 0. The molecule has 0 aromatic rings. The Morgan fingerprint density at radius 1 is 0.706 bits per heavy atom. The van der Waals surface area contributed by atoms with Gasteiger partial charge in [0.1, 0.15) is 0 Å². The van der Waals surface area contributed by atoms with Gasteiger partial charge in [-0.25, -0.2) is 0 Å². The van der Waals surface area contributed by atoms with Gasteiger partial charge < -0.3 is 31.3 Å². The van der Waals surface area contributed by atoms with Crippen LogP contribution >= 0.6 is 0 Å². The predicted molar refractivity (Wildman–Crippen MR) is 52.4 cm³/mol. The first-order chi connectivity index (χ1) is 7.25. The molecule has 0 spiro atoms. The topological polar surface area (TPSA) is 156 Å². The van der Waals surface area contributed by atoms with Crippen LogP contribution in [0.3, 0.4) is 0 Å². The Kier molecular flexibility index (Phi) is 15.5. The standard InChI is InChI=1S/2C4H7NO3.W/c2*5-3(6)1-2-4(7)8;/h2*1-2H2,(H3,5,6,7,8);/q;;+2/p-2. The third-order valence-corrected chi connectivity index (χ3v) is 1.13. The van der Waals surface area contributed by atoms with Crippen molar-refractivity contribution in [1.29, 1.82) is 0 Å². The Labute approximate surface area is 112 Å². The second kappa shape index (κ2) is 12.6. The molecule has 0 aliphatic rings. The van der Waals surface area contributed by atoms with E-state index in [0.717, 1.165) is 0 Å². The van der Waals surface area contributed by atoms with E-state index >= 15 is 0 Å². The second-order valence-electron chi connectivity index (χ2n) is 2.63. The fourth-order valence-electron chi connectivity index (χ4n) is 0.441. The Hall–Kier alpha value is -1.43. The van der Waals surface area contributed by atoms with E-state index in [4.69, 9.17) is 21.7 Å². The van der Waals surface area contributed by atoms with Crippen LogP contribution in [-0.2, 0) is 40.2 Å². The average Bonchev–Trinajstić information content (AvgIpc) is 2.12. The van der Waals surface area contributed by atoms with Gasteiger partial charge >= 0.3 is 33.0 Å². The van der Waals surface area contributed by atoms with Gasteiger partial charge in [-0.3, -0.25) is 9.59 Å². The van der Waals surface area contributed by atoms with Crippen LogP contribution in [0.15, 0.2) is 0 Å². The molecule has 0 saturated heterocycles. The summed E-state index contributed by atoms with van der Waals surface area (Å²) in [5.41, 5.74) is 12.5. The van der Waals surface area contributed by atoms with Gasteiger partial charge in [0.25, 0.3) is 0 Å². The molecular weight excluding hydrogens is 404 g/mol. The molecule has 9 heteroatoms. The van der Waals surface area contributed by atoms with Gasteiger partial charge in [0.05, 0.1) is 12.8 Å². The van der Waals surface area contributed by atoms with Crippen LogP contribution in [0.5, 0.6) is 0 Å². The summed E-state index contributed by atoms with van der Waals surface area (Å²) in [7, 11) is 0. The number of carbonyl (C=O) groups is 4. The Balaban J connectivity index is -0.000000218. The molecule has 0 saturated carbocycles. The first-order valence-electron chi connectivity index (χ1n) is 4.18. The van der Waals surface area contributed by atoms with Crippen molar-refractivity contribution in [3.05, 3.63) is 11.5 Å². The summed E-state index contributed by atoms with van der Waals surface area (Å²) in [6, 6.07) is 0. The molecule has 0 aliphatic heterocycles. The van der Waals surface area contributed by atoms with Gasteiger partial charge in [-0.2, -0.15) is 0 Å². The molecule has 17 heavy (non-hydrogen) atoms. The van der Waals surface area contributed by atoms with E-state index in [9.17, 15) is 19.2 Å². The van der Waals surface area contributed by atoms with Crippen molar-refractivity contribution >= 4 is 23.8 Å². The Morgan fingerprint density at radius 3 is 1.00 bits per heavy atom. The minimum absolute atomic E-state index is 0. The number of carbonyl (C=O) groups excluding carboxylic acids is 2. The summed E-state index contributed by atoms with van der Waals surface area (Å²) in [5, 5.41) is 15.9. The smallest absolute Gasteiger partial charge is 0.668 e. The third-order valence-electron chi connectivity index (χ3n) is 1.13. The van der Waals surface area contributed by atoms with Crippen LogP contribution < -0.4 is 0 Å². The van der Waals surface area contributed by atoms with Crippen molar-refractivity contribution in [1.82, 2.24) is 0 Å². The molecule has 0 atom stereocenters. The molecular formula is C8H12N2O6W. The number of aliphatic carboxylic acids is 2. The zero-order chi connectivity index (χ0) is 13.1. The number of carboxylic acid groups (broad SMARTS) is 2. The molecule has 0 bridgehead atoms. The maximum absolute atomic E-state index is 9.75. The number of nitrogens with one attached hydrogen (secondary N) is 2. The molecule has 0 unspecified atom stereocenters. The normalized spacial score (nSPS) is 8.00. The molecule has 2 amide bonds. The molecule has 0 heterocycles. The fourth-order valence-corrected chi connectivity index (χ4v) is 0.441. The zero-order valence-electron chi connectivity index (χ0n) is 8.76. The predicted octanol–water partition coefficient (Wildman–Crippen LogP) is 0.857. The first-order valence-corrected chi connectivity index (χ1v) is 4.18. The van der Waals surface area contributed by atoms with E-state index in [0.29, 0.717) is 0 Å². The summed E-state index contributed by atoms with van der Waals surface area (Å²) in [4.78, 5) is 38.8. The van der Waals surface area contributed by atoms with Crippen LogP contribution in [-0.4, -0.2) is 34.0 Å². The number of hydrogen-bond donors (Lipinski definition) is 2. The van der Waals surface area contributed by atoms with Gasteiger partial charge in [-0.05, 0) is 12.8 Å². The molecule has 8 nitrogen and oxygen atoms in total. The minimum atomic E-state index is -1.04. The molecule has 0 rings (SSSR count). The van der Waals surface area contributed by atoms with Crippen molar-refractivity contribution in [2.45, 2.75) is 25.7 Å². The summed E-state index contributed by atoms with van der Waals surface area (Å²) in [5.74, 6) is -3.73. The van der Waals surface area contributed by atoms with Crippen LogP contribution in [0.2, 0.25) is 0 Å². The van der Waals surface area contributed by atoms with Crippen molar-refractivity contribution in [3.8, 4) is 0 Å². The SMILES string of the molecule is [NH-]C(=O)CCC(=O)O.[NH-]C(=O)CCC(=O)O.[W+2]. The molecule has 0 radical (unpaired) electrons. The van der Waals surface area contributed by atoms with Gasteiger partial charge in [0, 0.05) is 11.8 Å². The summed E-state index contributed by atoms with van der Waals surface area (Å²) < 4.78 is 0. The maximum Gasteiger partial charge on any atom is 2.00 e. The quantitative estimate of drug-likeness (QED) is 0.654. The molecule has 96 valence electrons. The zero-order valence-corrected chi connectivity index (χ0v) is 11.7. The maximum atomic E-state index is 9.75. The van der Waals surface area contributed by atoms with Crippen LogP contribution in [0.4, 0.5) is 0 Å². The number of amides is 2. The third kappa shape index (κ3) is 31.3. The van der Waals surface area contributed by atoms with Crippen molar-refractivity contribution < 1.29 is 50.5 Å². The van der Waals surface area contributed by atoms with E-state index in [1.54, 1.807) is 0 Å². The average molecular weight is 416 g/mol. The molecule has 0 aromatic carbocycles. The largest absolute Gasteiger partial charge is 2.00 e. The van der Waals surface area contributed by atoms with Gasteiger partial charge in [0.15, 0.2) is 0 Å². The molecule has 0 aliphatic carbocycles. The van der Waals surface area contributed by atoms with E-state index in [2.05, 4.69) is 0 Å². The summed E-state index contributed by atoms with van der Waals surface area (Å²) in [6.45, 7) is 0. The van der Waals surface area contributed by atoms with E-state index < -0.39 is 23.8 Å². The van der Waals surface area contributed by atoms with Crippen molar-refractivity contribution in [3.63, 3.8) is 0 Å². The van der Waals surface area contributed by atoms with Crippen LogP contribution in [0, 0.1) is 0 Å². The van der Waals surface area contributed by atoms with Crippen LogP contribution in [0.1, 0.15) is 25.7 Å². The second-order valence-corrected chi connectivity index (χ2v) is 2.63. The summed E-state index contributed by atoms with van der Waals surface area (Å²) in [6.07, 6.45) is -0.838. The molecule has 4 N–H and O–H groups in total. The molecule has 0 aromatic heterocycles. The monoisotopic (exact) mass is 416 g/mol. The number of carboxylic acids is 2. The Morgan fingerprint density at radius 2 is 0.941 bits per heavy atom. The Bertz CT molecular complexity index is 225. The minimum Gasteiger partial charge on any atom is -0.668 e. The van der Waals surface area contributed by atoms with Gasteiger partial charge in [0.2, 0.25) is 0 Å². The van der Waals surface area contributed by atoms with Crippen LogP contribution in [0.25, 0.3) is 11.5 Å². The van der Waals surface area contributed by atoms with Crippen molar-refractivity contribution in [2.75, 3.05) is 0 Å². The first kappa shape index (κ1) is 20.9. The molecule has 0 fully saturated rings. The van der Waals surface area contributed by atoms with Crippen molar-refractivity contribution in [2.24, 2.45) is 0 Å². The van der Waals surface area contributed by atoms with Gasteiger partial charge in [-0.15, -0.1) is 0 Å². The van der Waals surface area contributed by atoms with E-state index in [1.807, 2.05) is 0 Å².